The molecule has 1 amide bonds. The number of nitrogens with one attached hydrogen (secondary N) is 1. The van der Waals surface area contributed by atoms with E-state index in [1.54, 1.807) is 17.0 Å². The van der Waals surface area contributed by atoms with E-state index in [0.29, 0.717) is 59.2 Å². The van der Waals surface area contributed by atoms with E-state index < -0.39 is 15.9 Å². The number of piperidine rings is 1. The van der Waals surface area contributed by atoms with Gasteiger partial charge >= 0.3 is 0 Å². The number of amides is 1. The number of nitrogens with zero attached hydrogens (tertiary/aromatic N) is 3. The summed E-state index contributed by atoms with van der Waals surface area (Å²) in [6, 6.07) is 11.9. The normalized spacial score (nSPS) is 14.1. The number of fused-ring (bicyclic) bond motifs is 1. The lowest BCUT2D eigenvalue weighted by molar-refractivity contribution is -0.133. The maximum absolute atomic E-state index is 14.7. The molecule has 0 bridgehead atoms. The highest BCUT2D eigenvalue weighted by atomic mass is 35.5. The van der Waals surface area contributed by atoms with Crippen LogP contribution in [-0.2, 0) is 19.1 Å². The van der Waals surface area contributed by atoms with Crippen LogP contribution in [0.4, 0.5) is 15.9 Å². The van der Waals surface area contributed by atoms with Gasteiger partial charge in [-0.05, 0) is 42.5 Å². The van der Waals surface area contributed by atoms with Gasteiger partial charge < -0.3 is 19.7 Å². The molecule has 1 fully saturated rings. The Kier molecular flexibility index (Phi) is 9.96. The molecule has 1 N–H and O–H groups in total. The summed E-state index contributed by atoms with van der Waals surface area (Å²) in [5.74, 6) is 0.256. The zero-order chi connectivity index (χ0) is 31.4. The zero-order valence-corrected chi connectivity index (χ0v) is 26.3. The highest BCUT2D eigenvalue weighted by Gasteiger charge is 2.26. The second kappa shape index (κ2) is 13.7. The summed E-state index contributed by atoms with van der Waals surface area (Å²) in [5, 5.41) is 3.78. The third-order valence-corrected chi connectivity index (χ3v) is 9.31. The molecule has 1 aliphatic heterocycles. The van der Waals surface area contributed by atoms with Crippen LogP contribution in [0.5, 0.6) is 11.5 Å². The van der Waals surface area contributed by atoms with Gasteiger partial charge in [-0.1, -0.05) is 34.8 Å². The number of hydrogen-bond donors (Lipinski definition) is 1. The number of benzene rings is 3. The number of methoxy groups -OCH3 is 1. The largest absolute Gasteiger partial charge is 0.493 e. The van der Waals surface area contributed by atoms with Crippen LogP contribution in [0.1, 0.15) is 19.3 Å². The van der Waals surface area contributed by atoms with Crippen molar-refractivity contribution in [2.45, 2.75) is 30.3 Å². The predicted molar refractivity (Wildman–Crippen MR) is 165 cm³/mol. The minimum atomic E-state index is -4.00. The standard InChI is InChI=1S/C29H26Cl3FN4O6S/c1-41-24-15-23-20(29(35-16-34-23)36-22-7-6-21(31)27(32)28(22)33)14-25(24)43-18-8-11-37(12-9-18)26(38)10-13-42-44(39,40)19-4-2-17(30)3-5-19/h2-7,14-16,18H,8-13H2,1H3,(H,34,35,36). The van der Waals surface area contributed by atoms with Crippen molar-refractivity contribution in [1.29, 1.82) is 0 Å². The van der Waals surface area contributed by atoms with Crippen molar-refractivity contribution >= 4 is 73.2 Å². The number of anilines is 2. The topological polar surface area (TPSA) is 120 Å². The van der Waals surface area contributed by atoms with Gasteiger partial charge in [0.05, 0.1) is 46.3 Å². The number of aromatic nitrogens is 2. The molecule has 1 aromatic heterocycles. The molecule has 4 aromatic rings. The maximum Gasteiger partial charge on any atom is 0.296 e. The molecular weight excluding hydrogens is 658 g/mol. The van der Waals surface area contributed by atoms with Gasteiger partial charge in [-0.15, -0.1) is 0 Å². The van der Waals surface area contributed by atoms with Crippen LogP contribution >= 0.6 is 34.8 Å². The van der Waals surface area contributed by atoms with Gasteiger partial charge in [0.1, 0.15) is 18.2 Å². The van der Waals surface area contributed by atoms with E-state index in [0.717, 1.165) is 0 Å². The fourth-order valence-corrected chi connectivity index (χ4v) is 5.98. The summed E-state index contributed by atoms with van der Waals surface area (Å²) in [4.78, 5) is 22.9. The third kappa shape index (κ3) is 7.27. The molecule has 15 heteroatoms. The molecule has 5 rings (SSSR count). The lowest BCUT2D eigenvalue weighted by Gasteiger charge is -2.32. The first-order valence-electron chi connectivity index (χ1n) is 13.4. The zero-order valence-electron chi connectivity index (χ0n) is 23.2. The molecule has 0 aliphatic carbocycles. The SMILES string of the molecule is COc1cc2ncnc(Nc3ccc(Cl)c(Cl)c3F)c2cc1OC1CCN(C(=O)CCOS(=O)(=O)c2ccc(Cl)cc2)CC1. The van der Waals surface area contributed by atoms with Crippen LogP contribution in [-0.4, -0.2) is 62.1 Å². The van der Waals surface area contributed by atoms with Crippen LogP contribution in [0.2, 0.25) is 15.1 Å². The molecule has 0 unspecified atom stereocenters. The van der Waals surface area contributed by atoms with E-state index in [4.69, 9.17) is 48.5 Å². The van der Waals surface area contributed by atoms with Crippen molar-refractivity contribution in [3.05, 3.63) is 75.7 Å². The minimum Gasteiger partial charge on any atom is -0.493 e. The smallest absolute Gasteiger partial charge is 0.296 e. The molecule has 10 nitrogen and oxygen atoms in total. The van der Waals surface area contributed by atoms with Crippen molar-refractivity contribution in [2.75, 3.05) is 32.1 Å². The van der Waals surface area contributed by atoms with Crippen LogP contribution in [0.25, 0.3) is 10.9 Å². The van der Waals surface area contributed by atoms with Crippen molar-refractivity contribution in [3.8, 4) is 11.5 Å². The summed E-state index contributed by atoms with van der Waals surface area (Å²) in [5.41, 5.74) is 0.621. The Balaban J connectivity index is 1.21. The highest BCUT2D eigenvalue weighted by molar-refractivity contribution is 7.86. The first-order chi connectivity index (χ1) is 21.1. The molecule has 0 saturated carbocycles. The molecule has 232 valence electrons. The minimum absolute atomic E-state index is 0.0348. The van der Waals surface area contributed by atoms with Crippen molar-refractivity contribution in [1.82, 2.24) is 14.9 Å². The molecule has 2 heterocycles. The van der Waals surface area contributed by atoms with Gasteiger partial charge in [-0.2, -0.15) is 8.42 Å². The van der Waals surface area contributed by atoms with Crippen LogP contribution < -0.4 is 14.8 Å². The van der Waals surface area contributed by atoms with E-state index in [2.05, 4.69) is 15.3 Å². The summed E-state index contributed by atoms with van der Waals surface area (Å²) >= 11 is 17.7. The van der Waals surface area contributed by atoms with E-state index in [-0.39, 0.29) is 45.7 Å². The monoisotopic (exact) mass is 682 g/mol. The number of carbonyl (C=O) groups is 1. The average Bonchev–Trinajstić information content (AvgIpc) is 3.01. The van der Waals surface area contributed by atoms with Crippen LogP contribution in [0.3, 0.4) is 0 Å². The summed E-state index contributed by atoms with van der Waals surface area (Å²) in [6.45, 7) is 0.546. The molecule has 1 aliphatic rings. The highest BCUT2D eigenvalue weighted by Crippen LogP contribution is 2.37. The van der Waals surface area contributed by atoms with E-state index in [9.17, 15) is 17.6 Å². The number of halogens is 4. The van der Waals surface area contributed by atoms with Crippen molar-refractivity contribution in [2.24, 2.45) is 0 Å². The number of ether oxygens (including phenoxy) is 2. The number of carbonyl (C=O) groups excluding carboxylic acids is 1. The fraction of sp³-hybridized carbons (Fsp3) is 0.276. The second-order valence-corrected chi connectivity index (χ2v) is 12.6. The van der Waals surface area contributed by atoms with E-state index in [1.807, 2.05) is 0 Å². The van der Waals surface area contributed by atoms with Gasteiger partial charge in [0.25, 0.3) is 10.1 Å². The summed E-state index contributed by atoms with van der Waals surface area (Å²) in [7, 11) is -2.49. The quantitative estimate of drug-likeness (QED) is 0.145. The average molecular weight is 684 g/mol. The molecule has 0 atom stereocenters. The maximum atomic E-state index is 14.7. The van der Waals surface area contributed by atoms with Crippen molar-refractivity contribution < 1.29 is 31.3 Å². The second-order valence-electron chi connectivity index (χ2n) is 9.77. The first-order valence-corrected chi connectivity index (χ1v) is 15.9. The molecule has 0 spiro atoms. The van der Waals surface area contributed by atoms with Gasteiger partial charge in [0, 0.05) is 42.4 Å². The van der Waals surface area contributed by atoms with Crippen molar-refractivity contribution in [3.63, 3.8) is 0 Å². The first kappa shape index (κ1) is 32.0. The third-order valence-electron chi connectivity index (χ3n) is 6.95. The number of hydrogen-bond acceptors (Lipinski definition) is 9. The van der Waals surface area contributed by atoms with Gasteiger partial charge in [-0.25, -0.2) is 14.4 Å². The molecular formula is C29H26Cl3FN4O6S. The Hall–Kier alpha value is -3.42. The Morgan fingerprint density at radius 3 is 2.48 bits per heavy atom. The lowest BCUT2D eigenvalue weighted by atomic mass is 10.1. The molecule has 1 saturated heterocycles. The number of rotatable bonds is 10. The van der Waals surface area contributed by atoms with Crippen LogP contribution in [0.15, 0.2) is 59.8 Å². The summed E-state index contributed by atoms with van der Waals surface area (Å²) in [6.07, 6.45) is 2.07. The molecule has 0 radical (unpaired) electrons. The van der Waals surface area contributed by atoms with Gasteiger partial charge in [0.2, 0.25) is 5.91 Å². The Bertz CT molecular complexity index is 1790. The lowest BCUT2D eigenvalue weighted by Crippen LogP contribution is -2.42. The van der Waals surface area contributed by atoms with Gasteiger partial charge in [0.15, 0.2) is 17.3 Å². The Morgan fingerprint density at radius 2 is 1.77 bits per heavy atom. The molecule has 44 heavy (non-hydrogen) atoms. The van der Waals surface area contributed by atoms with Gasteiger partial charge in [-0.3, -0.25) is 8.98 Å². The Labute approximate surface area is 268 Å². The van der Waals surface area contributed by atoms with E-state index >= 15 is 0 Å². The van der Waals surface area contributed by atoms with E-state index in [1.165, 1.54) is 49.8 Å². The summed E-state index contributed by atoms with van der Waals surface area (Å²) < 4.78 is 56.3. The van der Waals surface area contributed by atoms with Crippen LogP contribution in [0, 0.1) is 5.82 Å². The predicted octanol–water partition coefficient (Wildman–Crippen LogP) is 6.65. The fourth-order valence-electron chi connectivity index (χ4n) is 4.63. The molecule has 3 aromatic carbocycles. The Morgan fingerprint density at radius 1 is 1.05 bits per heavy atom. The number of likely N-dealkylation sites (tertiary alicyclic amines) is 1.